The van der Waals surface area contributed by atoms with E-state index in [-0.39, 0.29) is 5.03 Å². The minimum absolute atomic E-state index is 0.266. The van der Waals surface area contributed by atoms with Crippen molar-refractivity contribution in [2.45, 2.75) is 30.2 Å². The van der Waals surface area contributed by atoms with Crippen molar-refractivity contribution in [2.75, 3.05) is 6.26 Å². The van der Waals surface area contributed by atoms with Crippen molar-refractivity contribution in [1.82, 2.24) is 9.97 Å². The fourth-order valence-electron chi connectivity index (χ4n) is 3.42. The maximum absolute atomic E-state index is 13.9. The SMILES string of the molecule is CCc1nc(-c2cccc(C)c2)c(-c2ccnc(S(C)(N)(=O)c3ccc(F)cc3)c2)s1. The van der Waals surface area contributed by atoms with Gasteiger partial charge in [0.1, 0.15) is 10.8 Å². The molecule has 2 heterocycles. The Kier molecular flexibility index (Phi) is 5.37. The lowest BCUT2D eigenvalue weighted by Crippen LogP contribution is -2.42. The molecule has 2 aromatic heterocycles. The van der Waals surface area contributed by atoms with E-state index in [4.69, 9.17) is 10.1 Å². The quantitative estimate of drug-likeness (QED) is 0.426. The van der Waals surface area contributed by atoms with E-state index < -0.39 is 15.1 Å². The maximum Gasteiger partial charge on any atom is 0.123 e. The predicted octanol–water partition coefficient (Wildman–Crippen LogP) is 5.62. The lowest BCUT2D eigenvalue weighted by molar-refractivity contribution is 0.625. The number of hydrogen-bond donors (Lipinski definition) is 1. The maximum atomic E-state index is 13.9. The van der Waals surface area contributed by atoms with Gasteiger partial charge in [-0.05, 0) is 61.4 Å². The second-order valence-electron chi connectivity index (χ2n) is 7.76. The molecule has 0 radical (unpaired) electrons. The molecule has 0 unspecified atom stereocenters. The molecule has 4 aromatic rings. The Balaban J connectivity index is 1.87. The Bertz CT molecular complexity index is 1320. The summed E-state index contributed by atoms with van der Waals surface area (Å²) in [5, 5.41) is 7.74. The second kappa shape index (κ2) is 7.75. The number of pyridine rings is 1. The van der Waals surface area contributed by atoms with Gasteiger partial charge >= 0.3 is 0 Å². The number of nitrogens with two attached hydrogens (primary N) is 1. The predicted molar refractivity (Wildman–Crippen MR) is 126 cm³/mol. The summed E-state index contributed by atoms with van der Waals surface area (Å²) in [5.41, 5.74) is 3.93. The molecule has 31 heavy (non-hydrogen) atoms. The topological polar surface area (TPSA) is 68.9 Å². The van der Waals surface area contributed by atoms with Gasteiger partial charge < -0.3 is 0 Å². The summed E-state index contributed by atoms with van der Waals surface area (Å²) < 4.78 is 27.3. The minimum Gasteiger partial charge on any atom is -0.263 e. The van der Waals surface area contributed by atoms with Gasteiger partial charge in [0.2, 0.25) is 0 Å². The van der Waals surface area contributed by atoms with E-state index in [1.807, 2.05) is 18.2 Å². The molecule has 0 aliphatic heterocycles. The zero-order chi connectivity index (χ0) is 22.2. The third-order valence-corrected chi connectivity index (χ3v) is 9.14. The van der Waals surface area contributed by atoms with Crippen LogP contribution in [0.4, 0.5) is 4.39 Å². The van der Waals surface area contributed by atoms with Crippen molar-refractivity contribution >= 4 is 20.6 Å². The summed E-state index contributed by atoms with van der Waals surface area (Å²) in [6.45, 7) is 4.12. The molecular formula is C24H24FN3OS2. The monoisotopic (exact) mass is 453 g/mol. The first-order chi connectivity index (χ1) is 14.7. The van der Waals surface area contributed by atoms with Crippen LogP contribution in [-0.4, -0.2) is 20.4 Å². The lowest BCUT2D eigenvalue weighted by Gasteiger charge is -2.33. The number of thiazole rings is 1. The first kappa shape index (κ1) is 21.5. The molecule has 0 spiro atoms. The smallest absolute Gasteiger partial charge is 0.123 e. The van der Waals surface area contributed by atoms with Crippen LogP contribution in [0.25, 0.3) is 21.7 Å². The summed E-state index contributed by atoms with van der Waals surface area (Å²) in [6.07, 6.45) is 3.91. The molecular weight excluding hydrogens is 429 g/mol. The zero-order valence-corrected chi connectivity index (χ0v) is 19.3. The summed E-state index contributed by atoms with van der Waals surface area (Å²) in [5.74, 6) is -0.409. The molecule has 7 heteroatoms. The molecule has 0 saturated heterocycles. The second-order valence-corrected chi connectivity index (χ2v) is 12.6. The number of aryl methyl sites for hydroxylation is 2. The van der Waals surface area contributed by atoms with E-state index >= 15 is 0 Å². The molecule has 4 nitrogen and oxygen atoms in total. The van der Waals surface area contributed by atoms with Crippen molar-refractivity contribution in [2.24, 2.45) is 5.14 Å². The van der Waals surface area contributed by atoms with Crippen LogP contribution in [0.3, 0.4) is 0 Å². The van der Waals surface area contributed by atoms with Gasteiger partial charge in [0.15, 0.2) is 0 Å². The third kappa shape index (κ3) is 4.08. The lowest BCUT2D eigenvalue weighted by atomic mass is 10.1. The summed E-state index contributed by atoms with van der Waals surface area (Å²) >= 11 is 1.61. The van der Waals surface area contributed by atoms with E-state index in [1.165, 1.54) is 30.5 Å². The number of halogens is 1. The van der Waals surface area contributed by atoms with Gasteiger partial charge in [-0.1, -0.05) is 30.7 Å². The van der Waals surface area contributed by atoms with Crippen molar-refractivity contribution in [3.8, 4) is 21.7 Å². The Morgan fingerprint density at radius 3 is 2.48 bits per heavy atom. The highest BCUT2D eigenvalue weighted by Gasteiger charge is 2.33. The molecule has 0 aliphatic rings. The van der Waals surface area contributed by atoms with Gasteiger partial charge in [0.25, 0.3) is 0 Å². The number of nitrogens with zero attached hydrogens (tertiary/aromatic N) is 2. The zero-order valence-electron chi connectivity index (χ0n) is 17.6. The highest BCUT2D eigenvalue weighted by molar-refractivity contribution is 8.17. The van der Waals surface area contributed by atoms with Crippen LogP contribution < -0.4 is 5.14 Å². The minimum atomic E-state index is -3.99. The van der Waals surface area contributed by atoms with Gasteiger partial charge in [-0.2, -0.15) is 0 Å². The van der Waals surface area contributed by atoms with Crippen LogP contribution in [0.15, 0.2) is 76.8 Å². The normalized spacial score (nSPS) is 13.0. The summed E-state index contributed by atoms with van der Waals surface area (Å²) in [7, 11) is -3.99. The molecule has 0 bridgehead atoms. The number of rotatable bonds is 5. The summed E-state index contributed by atoms with van der Waals surface area (Å²) in [6, 6.07) is 17.3. The number of benzene rings is 2. The van der Waals surface area contributed by atoms with Crippen LogP contribution >= 0.6 is 11.3 Å². The highest BCUT2D eigenvalue weighted by atomic mass is 32.3. The number of aromatic nitrogens is 2. The number of hydrogen-bond acceptors (Lipinski definition) is 4. The van der Waals surface area contributed by atoms with Gasteiger partial charge in [0.05, 0.1) is 15.6 Å². The van der Waals surface area contributed by atoms with E-state index in [0.717, 1.165) is 38.7 Å². The van der Waals surface area contributed by atoms with Gasteiger partial charge in [-0.3, -0.25) is 9.35 Å². The van der Waals surface area contributed by atoms with E-state index in [0.29, 0.717) is 4.90 Å². The van der Waals surface area contributed by atoms with Crippen LogP contribution in [-0.2, 0) is 15.7 Å². The molecule has 160 valence electrons. The Morgan fingerprint density at radius 1 is 1.06 bits per heavy atom. The molecule has 2 N–H and O–H groups in total. The molecule has 2 aromatic carbocycles. The van der Waals surface area contributed by atoms with E-state index in [1.54, 1.807) is 23.6 Å². The molecule has 0 aliphatic carbocycles. The van der Waals surface area contributed by atoms with E-state index in [2.05, 4.69) is 31.0 Å². The first-order valence-electron chi connectivity index (χ1n) is 9.90. The molecule has 4 rings (SSSR count). The molecule has 0 saturated carbocycles. The Hall–Kier alpha value is -2.74. The van der Waals surface area contributed by atoms with Crippen molar-refractivity contribution in [3.63, 3.8) is 0 Å². The van der Waals surface area contributed by atoms with Crippen LogP contribution in [0.5, 0.6) is 0 Å². The standard InChI is InChI=1S/C24H24FN3OS2/c1-4-21-28-23(17-7-5-6-16(2)14-17)24(30-21)18-12-13-27-22(15-18)31(3,26,29)20-10-8-19(25)9-11-20/h5-15H,4H2,1-3H3,(H2,26,29). The molecule has 0 amide bonds. The molecule has 0 fully saturated rings. The van der Waals surface area contributed by atoms with Crippen LogP contribution in [0.1, 0.15) is 17.5 Å². The Labute approximate surface area is 185 Å². The average molecular weight is 454 g/mol. The van der Waals surface area contributed by atoms with Crippen molar-refractivity contribution < 1.29 is 8.60 Å². The van der Waals surface area contributed by atoms with Crippen LogP contribution in [0.2, 0.25) is 0 Å². The third-order valence-electron chi connectivity index (χ3n) is 5.18. The fourth-order valence-corrected chi connectivity index (χ4v) is 6.24. The van der Waals surface area contributed by atoms with Crippen molar-refractivity contribution in [3.05, 3.63) is 83.2 Å². The van der Waals surface area contributed by atoms with Crippen molar-refractivity contribution in [1.29, 1.82) is 0 Å². The van der Waals surface area contributed by atoms with E-state index in [9.17, 15) is 8.60 Å². The first-order valence-corrected chi connectivity index (χ1v) is 13.2. The van der Waals surface area contributed by atoms with Gasteiger partial charge in [-0.25, -0.2) is 14.4 Å². The average Bonchev–Trinajstić information content (AvgIpc) is 3.19. The Morgan fingerprint density at radius 2 is 1.81 bits per heavy atom. The summed E-state index contributed by atoms with van der Waals surface area (Å²) in [4.78, 5) is 10.5. The van der Waals surface area contributed by atoms with Gasteiger partial charge in [-0.15, -0.1) is 11.3 Å². The highest BCUT2D eigenvalue weighted by Crippen LogP contribution is 2.40. The fraction of sp³-hybridized carbons (Fsp3) is 0.167. The van der Waals surface area contributed by atoms with Gasteiger partial charge in [0, 0.05) is 32.2 Å². The van der Waals surface area contributed by atoms with Crippen LogP contribution in [0, 0.1) is 12.7 Å². The largest absolute Gasteiger partial charge is 0.263 e. The molecule has 0 atom stereocenters.